The van der Waals surface area contributed by atoms with Crippen molar-refractivity contribution in [2.24, 2.45) is 17.8 Å². The van der Waals surface area contributed by atoms with E-state index in [9.17, 15) is 9.90 Å². The van der Waals surface area contributed by atoms with Gasteiger partial charge in [0.25, 0.3) is 0 Å². The van der Waals surface area contributed by atoms with Crippen molar-refractivity contribution in [1.82, 2.24) is 5.06 Å². The summed E-state index contributed by atoms with van der Waals surface area (Å²) in [5.74, 6) is 0.638. The third kappa shape index (κ3) is 1.42. The van der Waals surface area contributed by atoms with Gasteiger partial charge in [-0.1, -0.05) is 6.42 Å². The highest BCUT2D eigenvalue weighted by Gasteiger charge is 2.59. The lowest BCUT2D eigenvalue weighted by molar-refractivity contribution is -0.171. The number of fused-ring (bicyclic) bond motifs is 1. The number of carbonyl (C=O) groups excluding carboxylic acids is 1. The largest absolute Gasteiger partial charge is 0.393 e. The maximum Gasteiger partial charge on any atom is 0.249 e. The molecule has 4 heteroatoms. The smallest absolute Gasteiger partial charge is 0.249 e. The Balaban J connectivity index is 1.98. The van der Waals surface area contributed by atoms with Crippen molar-refractivity contribution in [1.29, 1.82) is 0 Å². The van der Waals surface area contributed by atoms with Crippen molar-refractivity contribution in [2.75, 3.05) is 14.2 Å². The van der Waals surface area contributed by atoms with E-state index in [0.29, 0.717) is 5.92 Å². The van der Waals surface area contributed by atoms with Crippen molar-refractivity contribution in [3.8, 4) is 0 Å². The number of amides is 1. The van der Waals surface area contributed by atoms with Crippen LogP contribution in [0.1, 0.15) is 19.3 Å². The predicted octanol–water partition coefficient (Wildman–Crippen LogP) is 0.413. The van der Waals surface area contributed by atoms with Gasteiger partial charge in [-0.2, -0.15) is 0 Å². The van der Waals surface area contributed by atoms with E-state index >= 15 is 0 Å². The van der Waals surface area contributed by atoms with Gasteiger partial charge in [-0.3, -0.25) is 9.63 Å². The molecule has 1 N–H and O–H groups in total. The molecular formula is C10H17NO3. The lowest BCUT2D eigenvalue weighted by Gasteiger charge is -2.14. The third-order valence-electron chi connectivity index (χ3n) is 3.58. The van der Waals surface area contributed by atoms with Crippen LogP contribution in [-0.4, -0.2) is 36.3 Å². The van der Waals surface area contributed by atoms with Gasteiger partial charge in [0.1, 0.15) is 0 Å². The van der Waals surface area contributed by atoms with Gasteiger partial charge in [-0.05, 0) is 18.8 Å². The summed E-state index contributed by atoms with van der Waals surface area (Å²) in [5.41, 5.74) is 0. The summed E-state index contributed by atoms with van der Waals surface area (Å²) in [6.45, 7) is 0. The Morgan fingerprint density at radius 2 is 2.21 bits per heavy atom. The predicted molar refractivity (Wildman–Crippen MR) is 50.1 cm³/mol. The number of hydrogen-bond donors (Lipinski definition) is 1. The third-order valence-corrected chi connectivity index (χ3v) is 3.58. The molecule has 0 saturated heterocycles. The minimum Gasteiger partial charge on any atom is -0.393 e. The number of hydrogen-bond acceptors (Lipinski definition) is 3. The van der Waals surface area contributed by atoms with Gasteiger partial charge < -0.3 is 5.11 Å². The van der Waals surface area contributed by atoms with Gasteiger partial charge >= 0.3 is 0 Å². The molecule has 0 aromatic carbocycles. The van der Waals surface area contributed by atoms with Crippen molar-refractivity contribution in [2.45, 2.75) is 25.4 Å². The van der Waals surface area contributed by atoms with E-state index in [2.05, 4.69) is 0 Å². The number of aliphatic hydroxyl groups is 1. The lowest BCUT2D eigenvalue weighted by Crippen LogP contribution is -2.28. The first-order valence-electron chi connectivity index (χ1n) is 5.16. The molecule has 4 nitrogen and oxygen atoms in total. The van der Waals surface area contributed by atoms with Gasteiger partial charge in [-0.15, -0.1) is 0 Å². The van der Waals surface area contributed by atoms with Crippen molar-refractivity contribution >= 4 is 5.91 Å². The van der Waals surface area contributed by atoms with Crippen LogP contribution >= 0.6 is 0 Å². The van der Waals surface area contributed by atoms with Crippen LogP contribution in [-0.2, 0) is 9.63 Å². The minimum absolute atomic E-state index is 0.0115. The van der Waals surface area contributed by atoms with Crippen LogP contribution in [0.4, 0.5) is 0 Å². The summed E-state index contributed by atoms with van der Waals surface area (Å²) in [7, 11) is 3.11. The molecule has 0 spiro atoms. The molecule has 2 aliphatic carbocycles. The van der Waals surface area contributed by atoms with Crippen LogP contribution in [0.25, 0.3) is 0 Å². The SMILES string of the molecule is CON(C)C(=O)C1C2CCCC(O)C21. The standard InChI is InChI=1S/C10H17NO3/c1-11(14-2)10(13)9-6-4-3-5-7(12)8(6)9/h6-9,12H,3-5H2,1-2H3. The highest BCUT2D eigenvalue weighted by atomic mass is 16.7. The fraction of sp³-hybridized carbons (Fsp3) is 0.900. The molecule has 2 aliphatic rings. The first kappa shape index (κ1) is 9.93. The molecule has 0 aliphatic heterocycles. The summed E-state index contributed by atoms with van der Waals surface area (Å²) in [6, 6.07) is 0. The molecule has 0 aromatic heterocycles. The molecule has 0 bridgehead atoms. The molecule has 14 heavy (non-hydrogen) atoms. The van der Waals surface area contributed by atoms with Crippen LogP contribution in [0, 0.1) is 17.8 Å². The zero-order valence-electron chi connectivity index (χ0n) is 8.64. The van der Waals surface area contributed by atoms with E-state index in [1.54, 1.807) is 7.05 Å². The number of carbonyl (C=O) groups is 1. The van der Waals surface area contributed by atoms with Crippen LogP contribution in [0.2, 0.25) is 0 Å². The molecule has 2 saturated carbocycles. The summed E-state index contributed by atoms with van der Waals surface area (Å²) < 4.78 is 0. The summed E-state index contributed by atoms with van der Waals surface area (Å²) in [4.78, 5) is 16.6. The Hall–Kier alpha value is -0.610. The zero-order valence-corrected chi connectivity index (χ0v) is 8.64. The summed E-state index contributed by atoms with van der Waals surface area (Å²) in [5, 5.41) is 11.0. The van der Waals surface area contributed by atoms with Crippen LogP contribution in [0.15, 0.2) is 0 Å². The highest BCUT2D eigenvalue weighted by Crippen LogP contribution is 2.55. The minimum atomic E-state index is -0.270. The van der Waals surface area contributed by atoms with Crippen molar-refractivity contribution in [3.05, 3.63) is 0 Å². The van der Waals surface area contributed by atoms with Gasteiger partial charge in [-0.25, -0.2) is 5.06 Å². The van der Waals surface area contributed by atoms with Crippen molar-refractivity contribution in [3.63, 3.8) is 0 Å². The maximum absolute atomic E-state index is 11.7. The second-order valence-electron chi connectivity index (χ2n) is 4.28. The summed E-state index contributed by atoms with van der Waals surface area (Å²) in [6.07, 6.45) is 2.70. The zero-order chi connectivity index (χ0) is 10.3. The number of rotatable bonds is 2. The van der Waals surface area contributed by atoms with E-state index in [1.165, 1.54) is 12.2 Å². The molecule has 80 valence electrons. The summed E-state index contributed by atoms with van der Waals surface area (Å²) >= 11 is 0. The monoisotopic (exact) mass is 199 g/mol. The average molecular weight is 199 g/mol. The molecule has 0 heterocycles. The Kier molecular flexibility index (Phi) is 2.49. The van der Waals surface area contributed by atoms with Crippen molar-refractivity contribution < 1.29 is 14.7 Å². The van der Waals surface area contributed by atoms with E-state index in [1.807, 2.05) is 0 Å². The molecule has 2 fully saturated rings. The Labute approximate surface area is 83.8 Å². The second-order valence-corrected chi connectivity index (χ2v) is 4.28. The van der Waals surface area contributed by atoms with E-state index in [-0.39, 0.29) is 23.8 Å². The van der Waals surface area contributed by atoms with E-state index in [0.717, 1.165) is 19.3 Å². The molecular weight excluding hydrogens is 182 g/mol. The number of nitrogens with zero attached hydrogens (tertiary/aromatic N) is 1. The van der Waals surface area contributed by atoms with Gasteiger partial charge in [0, 0.05) is 18.9 Å². The van der Waals surface area contributed by atoms with Gasteiger partial charge in [0.15, 0.2) is 0 Å². The topological polar surface area (TPSA) is 49.8 Å². The van der Waals surface area contributed by atoms with Crippen LogP contribution in [0.5, 0.6) is 0 Å². The van der Waals surface area contributed by atoms with Gasteiger partial charge in [0.05, 0.1) is 13.2 Å². The average Bonchev–Trinajstić information content (AvgIpc) is 2.91. The van der Waals surface area contributed by atoms with Crippen LogP contribution < -0.4 is 0 Å². The van der Waals surface area contributed by atoms with E-state index < -0.39 is 0 Å². The normalized spacial score (nSPS) is 40.2. The molecule has 2 rings (SSSR count). The van der Waals surface area contributed by atoms with Gasteiger partial charge in [0.2, 0.25) is 5.91 Å². The van der Waals surface area contributed by atoms with Crippen LogP contribution in [0.3, 0.4) is 0 Å². The molecule has 0 aromatic rings. The Morgan fingerprint density at radius 1 is 1.50 bits per heavy atom. The fourth-order valence-electron chi connectivity index (χ4n) is 2.70. The molecule has 1 amide bonds. The Bertz CT molecular complexity index is 244. The quantitative estimate of drug-likeness (QED) is 0.655. The number of hydroxylamine groups is 2. The molecule has 0 radical (unpaired) electrons. The maximum atomic E-state index is 11.7. The Morgan fingerprint density at radius 3 is 2.79 bits per heavy atom. The highest BCUT2D eigenvalue weighted by molar-refractivity contribution is 5.81. The molecule has 4 atom stereocenters. The fourth-order valence-corrected chi connectivity index (χ4v) is 2.70. The first-order valence-corrected chi connectivity index (χ1v) is 5.16. The second kappa shape index (κ2) is 3.51. The van der Waals surface area contributed by atoms with E-state index in [4.69, 9.17) is 4.84 Å². The lowest BCUT2D eigenvalue weighted by atomic mass is 9.98. The first-order chi connectivity index (χ1) is 6.66. The number of aliphatic hydroxyl groups excluding tert-OH is 1. The molecule has 4 unspecified atom stereocenters.